The van der Waals surface area contributed by atoms with Crippen molar-refractivity contribution in [2.24, 2.45) is 5.41 Å². The van der Waals surface area contributed by atoms with Gasteiger partial charge in [-0.2, -0.15) is 4.89 Å². The lowest BCUT2D eigenvalue weighted by atomic mass is 9.97. The van der Waals surface area contributed by atoms with E-state index in [0.29, 0.717) is 0 Å². The van der Waals surface area contributed by atoms with Crippen LogP contribution in [0.3, 0.4) is 0 Å². The van der Waals surface area contributed by atoms with E-state index in [1.54, 1.807) is 20.8 Å². The van der Waals surface area contributed by atoms with E-state index in [4.69, 9.17) is 18.8 Å². The average Bonchev–Trinajstić information content (AvgIpc) is 2.10. The molecule has 0 saturated heterocycles. The first-order valence-corrected chi connectivity index (χ1v) is 7.55. The standard InChI is InChI=1S/C12H25O6P/c1-11(2,3)7-8-15-16-9-10-17-19(13,14)18-12(4,5)6/h7-8H,9-10H2,1-6H3,(H,13,14)/b8-7-. The van der Waals surface area contributed by atoms with Gasteiger partial charge in [0.15, 0.2) is 0 Å². The zero-order chi connectivity index (χ0) is 15.2. The summed E-state index contributed by atoms with van der Waals surface area (Å²) >= 11 is 0. The molecule has 0 aliphatic rings. The molecule has 0 aliphatic heterocycles. The Balaban J connectivity index is 3.76. The molecule has 114 valence electrons. The summed E-state index contributed by atoms with van der Waals surface area (Å²) in [5.41, 5.74) is -0.752. The van der Waals surface area contributed by atoms with E-state index in [0.717, 1.165) is 0 Å². The highest BCUT2D eigenvalue weighted by molar-refractivity contribution is 7.47. The van der Waals surface area contributed by atoms with E-state index in [1.807, 2.05) is 26.8 Å². The van der Waals surface area contributed by atoms with Gasteiger partial charge >= 0.3 is 7.82 Å². The van der Waals surface area contributed by atoms with Crippen molar-refractivity contribution < 1.29 is 28.3 Å². The van der Waals surface area contributed by atoms with Crippen molar-refractivity contribution in [1.82, 2.24) is 0 Å². The molecule has 0 aromatic rings. The maximum Gasteiger partial charge on any atom is 0.472 e. The van der Waals surface area contributed by atoms with E-state index in [-0.39, 0.29) is 18.6 Å². The third-order valence-electron chi connectivity index (χ3n) is 1.50. The predicted molar refractivity (Wildman–Crippen MR) is 72.2 cm³/mol. The van der Waals surface area contributed by atoms with Crippen LogP contribution in [-0.2, 0) is 23.4 Å². The second-order valence-electron chi connectivity index (χ2n) is 6.09. The van der Waals surface area contributed by atoms with Gasteiger partial charge in [0.25, 0.3) is 0 Å². The van der Waals surface area contributed by atoms with Crippen LogP contribution in [0.1, 0.15) is 41.5 Å². The van der Waals surface area contributed by atoms with Crippen LogP contribution in [0.2, 0.25) is 0 Å². The molecule has 1 N–H and O–H groups in total. The van der Waals surface area contributed by atoms with Gasteiger partial charge in [0, 0.05) is 0 Å². The molecule has 0 fully saturated rings. The molecule has 0 radical (unpaired) electrons. The Bertz CT molecular complexity index is 326. The number of phosphoric acid groups is 1. The number of hydrogen-bond acceptors (Lipinski definition) is 5. The fourth-order valence-electron chi connectivity index (χ4n) is 0.878. The van der Waals surface area contributed by atoms with Gasteiger partial charge in [0.05, 0.1) is 12.2 Å². The minimum atomic E-state index is -4.05. The van der Waals surface area contributed by atoms with Crippen LogP contribution in [0.4, 0.5) is 0 Å². The third-order valence-corrected chi connectivity index (χ3v) is 2.79. The molecule has 0 spiro atoms. The summed E-state index contributed by atoms with van der Waals surface area (Å²) in [6, 6.07) is 0. The summed E-state index contributed by atoms with van der Waals surface area (Å²) in [4.78, 5) is 18.9. The molecule has 0 rings (SSSR count). The van der Waals surface area contributed by atoms with Gasteiger partial charge in [-0.3, -0.25) is 9.05 Å². The molecule has 0 amide bonds. The second-order valence-corrected chi connectivity index (χ2v) is 7.47. The Morgan fingerprint density at radius 2 is 1.68 bits per heavy atom. The topological polar surface area (TPSA) is 74.2 Å². The summed E-state index contributed by atoms with van der Waals surface area (Å²) in [6.07, 6.45) is 3.25. The summed E-state index contributed by atoms with van der Waals surface area (Å²) in [5, 5.41) is 0. The highest BCUT2D eigenvalue weighted by Gasteiger charge is 2.28. The van der Waals surface area contributed by atoms with Crippen LogP contribution in [0.5, 0.6) is 0 Å². The van der Waals surface area contributed by atoms with Crippen molar-refractivity contribution in [3.8, 4) is 0 Å². The Morgan fingerprint density at radius 1 is 1.11 bits per heavy atom. The molecule has 0 aromatic heterocycles. The van der Waals surface area contributed by atoms with Gasteiger partial charge < -0.3 is 9.78 Å². The Kier molecular flexibility index (Phi) is 7.26. The first kappa shape index (κ1) is 18.6. The lowest BCUT2D eigenvalue weighted by molar-refractivity contribution is -0.252. The quantitative estimate of drug-likeness (QED) is 0.255. The van der Waals surface area contributed by atoms with Crippen molar-refractivity contribution in [3.63, 3.8) is 0 Å². The second kappa shape index (κ2) is 7.41. The average molecular weight is 296 g/mol. The normalized spacial score (nSPS) is 16.6. The van der Waals surface area contributed by atoms with Crippen molar-refractivity contribution in [2.75, 3.05) is 13.2 Å². The molecule has 1 atom stereocenters. The summed E-state index contributed by atoms with van der Waals surface area (Å²) in [5.74, 6) is 0. The molecule has 6 nitrogen and oxygen atoms in total. The highest BCUT2D eigenvalue weighted by atomic mass is 31.2. The van der Waals surface area contributed by atoms with Gasteiger partial charge in [-0.25, -0.2) is 4.57 Å². The zero-order valence-corrected chi connectivity index (χ0v) is 13.4. The summed E-state index contributed by atoms with van der Waals surface area (Å²) in [7, 11) is -4.05. The first-order valence-electron chi connectivity index (χ1n) is 6.05. The van der Waals surface area contributed by atoms with Crippen molar-refractivity contribution >= 4 is 7.82 Å². The van der Waals surface area contributed by atoms with Gasteiger partial charge in [-0.05, 0) is 32.3 Å². The smallest absolute Gasteiger partial charge is 0.346 e. The van der Waals surface area contributed by atoms with Crippen molar-refractivity contribution in [2.45, 2.75) is 47.1 Å². The minimum Gasteiger partial charge on any atom is -0.346 e. The molecule has 0 aromatic carbocycles. The Hall–Kier alpha value is -0.390. The zero-order valence-electron chi connectivity index (χ0n) is 12.5. The molecule has 19 heavy (non-hydrogen) atoms. The molecule has 1 unspecified atom stereocenters. The lowest BCUT2D eigenvalue weighted by Crippen LogP contribution is -2.18. The van der Waals surface area contributed by atoms with Crippen LogP contribution in [0, 0.1) is 5.41 Å². The van der Waals surface area contributed by atoms with E-state index in [2.05, 4.69) is 0 Å². The van der Waals surface area contributed by atoms with E-state index >= 15 is 0 Å². The first-order chi connectivity index (χ1) is 8.41. The SMILES string of the molecule is CC(C)(C)/C=C\OOCCOP(=O)(O)OC(C)(C)C. The van der Waals surface area contributed by atoms with Crippen LogP contribution >= 0.6 is 7.82 Å². The van der Waals surface area contributed by atoms with E-state index in [9.17, 15) is 9.46 Å². The largest absolute Gasteiger partial charge is 0.472 e. The maximum atomic E-state index is 11.5. The Morgan fingerprint density at radius 3 is 2.16 bits per heavy atom. The van der Waals surface area contributed by atoms with E-state index in [1.165, 1.54) is 6.26 Å². The van der Waals surface area contributed by atoms with Gasteiger partial charge in [0.2, 0.25) is 0 Å². The van der Waals surface area contributed by atoms with Crippen LogP contribution in [0.15, 0.2) is 12.3 Å². The molecule has 0 saturated carbocycles. The van der Waals surface area contributed by atoms with E-state index < -0.39 is 13.4 Å². The van der Waals surface area contributed by atoms with Crippen molar-refractivity contribution in [1.29, 1.82) is 0 Å². The van der Waals surface area contributed by atoms with Gasteiger partial charge in [0.1, 0.15) is 12.9 Å². The predicted octanol–water partition coefficient (Wildman–Crippen LogP) is 3.43. The van der Waals surface area contributed by atoms with Crippen molar-refractivity contribution in [3.05, 3.63) is 12.3 Å². The molecule has 7 heteroatoms. The fraction of sp³-hybridized carbons (Fsp3) is 0.833. The fourth-order valence-corrected chi connectivity index (χ4v) is 1.93. The number of allylic oxidation sites excluding steroid dienone is 1. The molecular weight excluding hydrogens is 271 g/mol. The maximum absolute atomic E-state index is 11.5. The minimum absolute atomic E-state index is 0.00120. The van der Waals surface area contributed by atoms with Gasteiger partial charge in [-0.15, -0.1) is 0 Å². The highest BCUT2D eigenvalue weighted by Crippen LogP contribution is 2.46. The van der Waals surface area contributed by atoms with Crippen LogP contribution in [0.25, 0.3) is 0 Å². The third kappa shape index (κ3) is 13.8. The number of hydrogen-bond donors (Lipinski definition) is 1. The monoisotopic (exact) mass is 296 g/mol. The lowest BCUT2D eigenvalue weighted by Gasteiger charge is -2.22. The van der Waals surface area contributed by atoms with Crippen LogP contribution < -0.4 is 0 Å². The summed E-state index contributed by atoms with van der Waals surface area (Å²) in [6.45, 7) is 11.0. The molecule has 0 heterocycles. The molecule has 0 bridgehead atoms. The molecular formula is C12H25O6P. The summed E-state index contributed by atoms with van der Waals surface area (Å²) < 4.78 is 21.0. The number of phosphoric ester groups is 1. The van der Waals surface area contributed by atoms with Crippen LogP contribution in [-0.4, -0.2) is 23.7 Å². The molecule has 0 aliphatic carbocycles. The van der Waals surface area contributed by atoms with Gasteiger partial charge in [-0.1, -0.05) is 20.8 Å². The Labute approximate surface area is 115 Å². The number of rotatable bonds is 7.